The molecule has 0 unspecified atom stereocenters. The van der Waals surface area contributed by atoms with Gasteiger partial charge in [0.25, 0.3) is 0 Å². The van der Waals surface area contributed by atoms with Gasteiger partial charge in [-0.2, -0.15) is 0 Å². The molecule has 2 heterocycles. The Labute approximate surface area is 167 Å². The van der Waals surface area contributed by atoms with Crippen molar-refractivity contribution in [2.75, 3.05) is 0 Å². The molecule has 1 aromatic carbocycles. The number of amides is 1. The summed E-state index contributed by atoms with van der Waals surface area (Å²) >= 11 is 3.48. The zero-order valence-electron chi connectivity index (χ0n) is 14.9. The van der Waals surface area contributed by atoms with Gasteiger partial charge in [-0.15, -0.1) is 0 Å². The van der Waals surface area contributed by atoms with E-state index < -0.39 is 5.41 Å². The molecule has 1 saturated carbocycles. The van der Waals surface area contributed by atoms with Crippen LogP contribution in [0.4, 0.5) is 0 Å². The van der Waals surface area contributed by atoms with Crippen molar-refractivity contribution in [3.63, 3.8) is 0 Å². The molecule has 1 aliphatic rings. The lowest BCUT2D eigenvalue weighted by Crippen LogP contribution is -2.42. The maximum atomic E-state index is 13.1. The first kappa shape index (κ1) is 17.9. The van der Waals surface area contributed by atoms with Crippen LogP contribution in [0.5, 0.6) is 0 Å². The normalized spacial score (nSPS) is 15.6. The van der Waals surface area contributed by atoms with Gasteiger partial charge in [-0.3, -0.25) is 9.36 Å². The number of hydrogen-bond donors (Lipinski definition) is 1. The fourth-order valence-corrected chi connectivity index (χ4v) is 4.08. The molecule has 0 radical (unpaired) electrons. The van der Waals surface area contributed by atoms with Crippen LogP contribution in [0, 0.1) is 0 Å². The largest absolute Gasteiger partial charge is 0.351 e. The first-order valence-corrected chi connectivity index (χ1v) is 9.94. The number of pyridine rings is 1. The van der Waals surface area contributed by atoms with Gasteiger partial charge in [0, 0.05) is 29.6 Å². The number of nitrogens with zero attached hydrogens (tertiary/aromatic N) is 3. The lowest BCUT2D eigenvalue weighted by Gasteiger charge is -2.28. The van der Waals surface area contributed by atoms with Crippen molar-refractivity contribution in [2.45, 2.75) is 37.6 Å². The van der Waals surface area contributed by atoms with E-state index in [1.165, 1.54) is 0 Å². The quantitative estimate of drug-likeness (QED) is 0.668. The Hall–Kier alpha value is -2.47. The summed E-state index contributed by atoms with van der Waals surface area (Å²) in [5.74, 6) is 0.922. The van der Waals surface area contributed by atoms with E-state index in [-0.39, 0.29) is 5.91 Å². The van der Waals surface area contributed by atoms with Crippen molar-refractivity contribution in [2.24, 2.45) is 0 Å². The summed E-state index contributed by atoms with van der Waals surface area (Å²) in [6.07, 6.45) is 11.1. The highest BCUT2D eigenvalue weighted by Gasteiger charge is 2.42. The van der Waals surface area contributed by atoms with Crippen molar-refractivity contribution in [3.8, 4) is 5.82 Å². The highest BCUT2D eigenvalue weighted by atomic mass is 79.9. The summed E-state index contributed by atoms with van der Waals surface area (Å²) in [6, 6.07) is 12.1. The second-order valence-corrected chi connectivity index (χ2v) is 7.89. The summed E-state index contributed by atoms with van der Waals surface area (Å²) in [4.78, 5) is 21.6. The van der Waals surface area contributed by atoms with Crippen LogP contribution in [0.1, 0.15) is 36.8 Å². The smallest absolute Gasteiger partial charge is 0.230 e. The van der Waals surface area contributed by atoms with Gasteiger partial charge in [0.1, 0.15) is 12.1 Å². The fraction of sp³-hybridized carbons (Fsp3) is 0.286. The molecule has 2 aromatic heterocycles. The second kappa shape index (κ2) is 7.64. The minimum absolute atomic E-state index is 0.112. The van der Waals surface area contributed by atoms with Gasteiger partial charge in [0.05, 0.1) is 5.41 Å². The predicted molar refractivity (Wildman–Crippen MR) is 107 cm³/mol. The Morgan fingerprint density at radius 3 is 2.56 bits per heavy atom. The molecular weight excluding hydrogens is 404 g/mol. The lowest BCUT2D eigenvalue weighted by molar-refractivity contribution is -0.126. The number of halogens is 1. The van der Waals surface area contributed by atoms with Gasteiger partial charge in [-0.25, -0.2) is 9.97 Å². The molecule has 5 nitrogen and oxygen atoms in total. The molecule has 0 saturated heterocycles. The summed E-state index contributed by atoms with van der Waals surface area (Å²) in [5.41, 5.74) is 1.68. The molecule has 1 fully saturated rings. The molecule has 0 aliphatic heterocycles. The predicted octanol–water partition coefficient (Wildman–Crippen LogP) is 4.16. The van der Waals surface area contributed by atoms with Gasteiger partial charge < -0.3 is 5.32 Å². The third kappa shape index (κ3) is 3.67. The topological polar surface area (TPSA) is 59.8 Å². The average molecular weight is 425 g/mol. The number of aromatic nitrogens is 3. The van der Waals surface area contributed by atoms with E-state index in [1.54, 1.807) is 18.7 Å². The minimum atomic E-state index is -0.412. The van der Waals surface area contributed by atoms with E-state index in [0.29, 0.717) is 6.54 Å². The number of benzene rings is 1. The maximum absolute atomic E-state index is 13.1. The molecule has 1 amide bonds. The zero-order valence-corrected chi connectivity index (χ0v) is 16.5. The van der Waals surface area contributed by atoms with E-state index in [1.807, 2.05) is 35.0 Å². The number of imidazole rings is 1. The Morgan fingerprint density at radius 2 is 1.93 bits per heavy atom. The highest BCUT2D eigenvalue weighted by molar-refractivity contribution is 9.10. The molecule has 27 heavy (non-hydrogen) atoms. The van der Waals surface area contributed by atoms with Crippen LogP contribution >= 0.6 is 15.9 Å². The molecule has 1 aliphatic carbocycles. The van der Waals surface area contributed by atoms with Crippen molar-refractivity contribution in [3.05, 3.63) is 76.9 Å². The molecule has 1 N–H and O–H groups in total. The Morgan fingerprint density at radius 1 is 1.15 bits per heavy atom. The minimum Gasteiger partial charge on any atom is -0.351 e. The first-order chi connectivity index (χ1) is 13.2. The Bertz CT molecular complexity index is 898. The van der Waals surface area contributed by atoms with Crippen LogP contribution < -0.4 is 5.32 Å². The maximum Gasteiger partial charge on any atom is 0.230 e. The fourth-order valence-electron chi connectivity index (χ4n) is 3.81. The summed E-state index contributed by atoms with van der Waals surface area (Å²) < 4.78 is 2.88. The number of hydrogen-bond acceptors (Lipinski definition) is 3. The van der Waals surface area contributed by atoms with Crippen LogP contribution in [0.25, 0.3) is 5.82 Å². The third-order valence-electron chi connectivity index (χ3n) is 5.32. The standard InChI is InChI=1S/C21H21BrN4O/c22-18-6-4-17(5-7-18)21(9-1-2-10-21)20(27)25-14-16-3-8-19(24-13-16)26-12-11-23-15-26/h3-8,11-13,15H,1-2,9-10,14H2,(H,25,27). The lowest BCUT2D eigenvalue weighted by atomic mass is 9.78. The number of nitrogens with one attached hydrogen (secondary N) is 1. The van der Waals surface area contributed by atoms with Gasteiger partial charge in [0.2, 0.25) is 5.91 Å². The molecule has 0 bridgehead atoms. The third-order valence-corrected chi connectivity index (χ3v) is 5.85. The Kier molecular flexibility index (Phi) is 5.07. The van der Waals surface area contributed by atoms with Crippen molar-refractivity contribution >= 4 is 21.8 Å². The molecular formula is C21H21BrN4O. The molecule has 6 heteroatoms. The number of rotatable bonds is 5. The Balaban J connectivity index is 1.46. The molecule has 4 rings (SSSR count). The van der Waals surface area contributed by atoms with Crippen LogP contribution in [-0.4, -0.2) is 20.4 Å². The average Bonchev–Trinajstić information content (AvgIpc) is 3.40. The van der Waals surface area contributed by atoms with Crippen molar-refractivity contribution < 1.29 is 4.79 Å². The van der Waals surface area contributed by atoms with Crippen molar-refractivity contribution in [1.29, 1.82) is 0 Å². The molecule has 138 valence electrons. The number of carbonyl (C=O) groups excluding carboxylic acids is 1. The van der Waals surface area contributed by atoms with Crippen LogP contribution in [0.2, 0.25) is 0 Å². The second-order valence-electron chi connectivity index (χ2n) is 6.97. The monoisotopic (exact) mass is 424 g/mol. The van der Waals surface area contributed by atoms with Gasteiger partial charge in [-0.05, 0) is 42.2 Å². The summed E-state index contributed by atoms with van der Waals surface area (Å²) in [7, 11) is 0. The van der Waals surface area contributed by atoms with E-state index in [0.717, 1.165) is 47.1 Å². The van der Waals surface area contributed by atoms with E-state index in [2.05, 4.69) is 43.3 Å². The van der Waals surface area contributed by atoms with Gasteiger partial charge in [-0.1, -0.05) is 47.0 Å². The van der Waals surface area contributed by atoms with E-state index >= 15 is 0 Å². The highest BCUT2D eigenvalue weighted by Crippen LogP contribution is 2.41. The van der Waals surface area contributed by atoms with E-state index in [9.17, 15) is 4.79 Å². The molecule has 0 spiro atoms. The molecule has 3 aromatic rings. The van der Waals surface area contributed by atoms with Gasteiger partial charge >= 0.3 is 0 Å². The first-order valence-electron chi connectivity index (χ1n) is 9.15. The van der Waals surface area contributed by atoms with Crippen molar-refractivity contribution in [1.82, 2.24) is 19.9 Å². The van der Waals surface area contributed by atoms with E-state index in [4.69, 9.17) is 0 Å². The summed E-state index contributed by atoms with van der Waals surface area (Å²) in [5, 5.41) is 3.14. The van der Waals surface area contributed by atoms with Gasteiger partial charge in [0.15, 0.2) is 0 Å². The molecule has 0 atom stereocenters. The zero-order chi connectivity index (χ0) is 18.7. The van der Waals surface area contributed by atoms with Crippen LogP contribution in [0.15, 0.2) is 65.8 Å². The van der Waals surface area contributed by atoms with Crippen LogP contribution in [-0.2, 0) is 16.8 Å². The summed E-state index contributed by atoms with van der Waals surface area (Å²) in [6.45, 7) is 0.480. The SMILES string of the molecule is O=C(NCc1ccc(-n2ccnc2)nc1)C1(c2ccc(Br)cc2)CCCC1. The number of carbonyl (C=O) groups is 1. The van der Waals surface area contributed by atoms with Crippen LogP contribution in [0.3, 0.4) is 0 Å².